The van der Waals surface area contributed by atoms with Crippen molar-refractivity contribution in [3.8, 4) is 11.1 Å². The summed E-state index contributed by atoms with van der Waals surface area (Å²) in [5.41, 5.74) is 5.64. The van der Waals surface area contributed by atoms with E-state index in [-0.39, 0.29) is 0 Å². The van der Waals surface area contributed by atoms with Crippen molar-refractivity contribution >= 4 is 17.1 Å². The molecule has 3 aromatic heterocycles. The number of carbonyl (C=O) groups excluding carboxylic acids is 1. The quantitative estimate of drug-likeness (QED) is 0.709. The van der Waals surface area contributed by atoms with Gasteiger partial charge in [-0.15, -0.1) is 0 Å². The summed E-state index contributed by atoms with van der Waals surface area (Å²) in [7, 11) is 0. The second-order valence-corrected chi connectivity index (χ2v) is 8.98. The number of nitrogens with zero attached hydrogens (tertiary/aromatic N) is 5. The summed E-state index contributed by atoms with van der Waals surface area (Å²) in [5, 5.41) is 8.04. The molecule has 1 amide bonds. The number of amides is 1. The van der Waals surface area contributed by atoms with Crippen molar-refractivity contribution in [2.45, 2.75) is 31.7 Å². The molecule has 1 saturated carbocycles. The zero-order valence-corrected chi connectivity index (χ0v) is 17.7. The highest BCUT2D eigenvalue weighted by Crippen LogP contribution is 2.33. The Hall–Kier alpha value is -2.93. The standard InChI is InChI=1S/C24H28N6O/c31-24(17-3-4-17)29-12-10-28(11-13-29)22-7-9-27-30-16-19(14-23(22)30)18-5-6-21(26-15-18)20-2-1-8-25-20/h5-7,9,14-17,20,25H,1-4,8,10-13H2/t20-/m0/s1. The first kappa shape index (κ1) is 18.8. The van der Waals surface area contributed by atoms with E-state index in [1.165, 1.54) is 12.1 Å². The van der Waals surface area contributed by atoms with Gasteiger partial charge in [0.1, 0.15) is 0 Å². The Morgan fingerprint density at radius 2 is 1.90 bits per heavy atom. The van der Waals surface area contributed by atoms with Crippen LogP contribution in [0.4, 0.5) is 5.69 Å². The summed E-state index contributed by atoms with van der Waals surface area (Å²) in [6.07, 6.45) is 10.4. The van der Waals surface area contributed by atoms with E-state index in [0.717, 1.165) is 74.3 Å². The molecule has 2 saturated heterocycles. The van der Waals surface area contributed by atoms with Crippen LogP contribution in [-0.4, -0.2) is 58.1 Å². The molecule has 1 aliphatic carbocycles. The molecule has 160 valence electrons. The van der Waals surface area contributed by atoms with E-state index in [1.807, 2.05) is 21.8 Å². The number of aromatic nitrogens is 3. The molecular formula is C24H28N6O. The van der Waals surface area contributed by atoms with E-state index in [9.17, 15) is 4.79 Å². The summed E-state index contributed by atoms with van der Waals surface area (Å²) in [6.45, 7) is 4.42. The minimum Gasteiger partial charge on any atom is -0.366 e. The second kappa shape index (κ2) is 7.64. The third-order valence-corrected chi connectivity index (χ3v) is 6.88. The number of anilines is 1. The fraction of sp³-hybridized carbons (Fsp3) is 0.458. The van der Waals surface area contributed by atoms with Crippen molar-refractivity contribution in [1.82, 2.24) is 24.8 Å². The molecule has 3 fully saturated rings. The lowest BCUT2D eigenvalue weighted by atomic mass is 10.1. The predicted octanol–water partition coefficient (Wildman–Crippen LogP) is 2.88. The number of rotatable bonds is 4. The highest BCUT2D eigenvalue weighted by molar-refractivity contribution is 5.82. The monoisotopic (exact) mass is 416 g/mol. The number of nitrogens with one attached hydrogen (secondary N) is 1. The Morgan fingerprint density at radius 1 is 1.03 bits per heavy atom. The Labute approximate surface area is 182 Å². The van der Waals surface area contributed by atoms with E-state index in [0.29, 0.717) is 17.9 Å². The molecule has 0 spiro atoms. The summed E-state index contributed by atoms with van der Waals surface area (Å²) >= 11 is 0. The molecule has 0 bridgehead atoms. The van der Waals surface area contributed by atoms with Gasteiger partial charge in [-0.25, -0.2) is 4.52 Å². The Balaban J connectivity index is 1.22. The highest BCUT2D eigenvalue weighted by atomic mass is 16.2. The van der Waals surface area contributed by atoms with Crippen molar-refractivity contribution < 1.29 is 4.79 Å². The molecule has 3 aliphatic rings. The average Bonchev–Trinajstić information content (AvgIpc) is 3.33. The molecule has 1 atom stereocenters. The van der Waals surface area contributed by atoms with Crippen LogP contribution in [0.2, 0.25) is 0 Å². The van der Waals surface area contributed by atoms with Crippen LogP contribution in [0.15, 0.2) is 42.9 Å². The molecule has 6 rings (SSSR count). The number of carbonyl (C=O) groups is 1. The lowest BCUT2D eigenvalue weighted by Gasteiger charge is -2.36. The van der Waals surface area contributed by atoms with Gasteiger partial charge in [0.2, 0.25) is 5.91 Å². The molecule has 2 aliphatic heterocycles. The van der Waals surface area contributed by atoms with Gasteiger partial charge in [0.15, 0.2) is 0 Å². The van der Waals surface area contributed by atoms with Crippen molar-refractivity contribution in [2.24, 2.45) is 5.92 Å². The summed E-state index contributed by atoms with van der Waals surface area (Å²) in [6, 6.07) is 8.99. The molecule has 3 aromatic rings. The number of pyridine rings is 1. The van der Waals surface area contributed by atoms with E-state index in [4.69, 9.17) is 4.98 Å². The summed E-state index contributed by atoms with van der Waals surface area (Å²) in [4.78, 5) is 21.5. The molecule has 1 N–H and O–H groups in total. The Morgan fingerprint density at radius 3 is 2.61 bits per heavy atom. The summed E-state index contributed by atoms with van der Waals surface area (Å²) < 4.78 is 1.96. The van der Waals surface area contributed by atoms with Gasteiger partial charge in [-0.3, -0.25) is 9.78 Å². The highest BCUT2D eigenvalue weighted by Gasteiger charge is 2.34. The summed E-state index contributed by atoms with van der Waals surface area (Å²) in [5.74, 6) is 0.657. The van der Waals surface area contributed by atoms with E-state index in [2.05, 4.69) is 45.8 Å². The molecule has 7 heteroatoms. The second-order valence-electron chi connectivity index (χ2n) is 8.98. The first-order valence-electron chi connectivity index (χ1n) is 11.5. The average molecular weight is 417 g/mol. The van der Waals surface area contributed by atoms with Crippen molar-refractivity contribution in [1.29, 1.82) is 0 Å². The van der Waals surface area contributed by atoms with Gasteiger partial charge in [-0.2, -0.15) is 5.10 Å². The molecule has 7 nitrogen and oxygen atoms in total. The minimum atomic E-state index is 0.303. The van der Waals surface area contributed by atoms with Gasteiger partial charge in [-0.05, 0) is 50.4 Å². The van der Waals surface area contributed by atoms with Crippen LogP contribution < -0.4 is 10.2 Å². The number of hydrogen-bond acceptors (Lipinski definition) is 5. The number of piperazine rings is 1. The van der Waals surface area contributed by atoms with Crippen LogP contribution in [0.25, 0.3) is 16.6 Å². The third-order valence-electron chi connectivity index (χ3n) is 6.88. The van der Waals surface area contributed by atoms with E-state index < -0.39 is 0 Å². The zero-order chi connectivity index (χ0) is 20.8. The molecular weight excluding hydrogens is 388 g/mol. The van der Waals surface area contributed by atoms with Gasteiger partial charge in [0, 0.05) is 67.9 Å². The minimum absolute atomic E-state index is 0.303. The number of hydrogen-bond donors (Lipinski definition) is 1. The van der Waals surface area contributed by atoms with E-state index >= 15 is 0 Å². The topological polar surface area (TPSA) is 65.8 Å². The number of fused-ring (bicyclic) bond motifs is 1. The molecule has 0 radical (unpaired) electrons. The smallest absolute Gasteiger partial charge is 0.225 e. The first-order chi connectivity index (χ1) is 15.3. The molecule has 0 aromatic carbocycles. The molecule has 0 unspecified atom stereocenters. The fourth-order valence-electron chi connectivity index (χ4n) is 4.90. The largest absolute Gasteiger partial charge is 0.366 e. The van der Waals surface area contributed by atoms with Crippen molar-refractivity contribution in [3.63, 3.8) is 0 Å². The zero-order valence-electron chi connectivity index (χ0n) is 17.7. The van der Waals surface area contributed by atoms with Gasteiger partial charge in [-0.1, -0.05) is 6.07 Å². The van der Waals surface area contributed by atoms with Crippen LogP contribution in [-0.2, 0) is 4.79 Å². The Bertz CT molecular complexity index is 1090. The normalized spacial score (nSPS) is 21.7. The van der Waals surface area contributed by atoms with Crippen LogP contribution >= 0.6 is 0 Å². The maximum Gasteiger partial charge on any atom is 0.225 e. The van der Waals surface area contributed by atoms with Crippen LogP contribution in [0, 0.1) is 5.92 Å². The van der Waals surface area contributed by atoms with E-state index in [1.54, 1.807) is 0 Å². The lowest BCUT2D eigenvalue weighted by molar-refractivity contribution is -0.132. The lowest BCUT2D eigenvalue weighted by Crippen LogP contribution is -2.49. The predicted molar refractivity (Wildman–Crippen MR) is 120 cm³/mol. The first-order valence-corrected chi connectivity index (χ1v) is 11.5. The van der Waals surface area contributed by atoms with Crippen LogP contribution in [0.3, 0.4) is 0 Å². The fourth-order valence-corrected chi connectivity index (χ4v) is 4.90. The maximum atomic E-state index is 12.4. The van der Waals surface area contributed by atoms with Crippen molar-refractivity contribution in [3.05, 3.63) is 48.5 Å². The van der Waals surface area contributed by atoms with Crippen LogP contribution in [0.5, 0.6) is 0 Å². The van der Waals surface area contributed by atoms with Gasteiger partial charge >= 0.3 is 0 Å². The van der Waals surface area contributed by atoms with Crippen LogP contribution in [0.1, 0.15) is 37.4 Å². The van der Waals surface area contributed by atoms with Gasteiger partial charge < -0.3 is 15.1 Å². The van der Waals surface area contributed by atoms with Gasteiger partial charge in [0.25, 0.3) is 0 Å². The Kier molecular flexibility index (Phi) is 4.64. The third kappa shape index (κ3) is 3.57. The van der Waals surface area contributed by atoms with Crippen molar-refractivity contribution in [2.75, 3.05) is 37.6 Å². The SMILES string of the molecule is O=C(C1CC1)N1CCN(c2ccnn3cc(-c4ccc([C@@H]5CCCN5)nc4)cc23)CC1. The van der Waals surface area contributed by atoms with Gasteiger partial charge in [0.05, 0.1) is 16.9 Å². The molecule has 31 heavy (non-hydrogen) atoms. The maximum absolute atomic E-state index is 12.4. The molecule has 5 heterocycles.